The van der Waals surface area contributed by atoms with Crippen molar-refractivity contribution in [3.63, 3.8) is 0 Å². The topological polar surface area (TPSA) is 37.8 Å². The molecule has 0 unspecified atom stereocenters. The Morgan fingerprint density at radius 3 is 2.85 bits per heavy atom. The van der Waals surface area contributed by atoms with Crippen molar-refractivity contribution in [2.45, 2.75) is 32.1 Å². The normalized spacial score (nSPS) is 18.4. The zero-order chi connectivity index (χ0) is 9.47. The largest absolute Gasteiger partial charge is 0.372 e. The molecule has 2 rings (SSSR count). The molecule has 0 atom stereocenters. The summed E-state index contributed by atoms with van der Waals surface area (Å²) in [6.07, 6.45) is 2.32. The first-order valence-corrected chi connectivity index (χ1v) is 4.68. The van der Waals surface area contributed by atoms with Crippen molar-refractivity contribution in [1.29, 1.82) is 0 Å². The van der Waals surface area contributed by atoms with Crippen LogP contribution in [-0.4, -0.2) is 17.2 Å². The van der Waals surface area contributed by atoms with Crippen molar-refractivity contribution in [2.75, 3.05) is 12.4 Å². The van der Waals surface area contributed by atoms with Crippen LogP contribution in [0.1, 0.15) is 31.5 Å². The zero-order valence-electron chi connectivity index (χ0n) is 8.39. The maximum Gasteiger partial charge on any atom is 0.148 e. The molecule has 1 aromatic heterocycles. The van der Waals surface area contributed by atoms with Gasteiger partial charge in [-0.1, -0.05) is 13.8 Å². The number of hydrogen-bond acceptors (Lipinski definition) is 3. The Morgan fingerprint density at radius 1 is 1.38 bits per heavy atom. The number of rotatable bonds is 1. The van der Waals surface area contributed by atoms with Crippen molar-refractivity contribution >= 4 is 5.82 Å². The second kappa shape index (κ2) is 2.69. The van der Waals surface area contributed by atoms with Gasteiger partial charge in [0.15, 0.2) is 0 Å². The molecule has 3 heteroatoms. The van der Waals surface area contributed by atoms with Crippen LogP contribution in [0.4, 0.5) is 5.82 Å². The standard InChI is InChI=1S/C10H15N3/c1-10(2)5-4-7-6-8(11-3)12-13-9(7)10/h6H,4-5H2,1-3H3,(H,11,12). The molecule has 0 saturated carbocycles. The molecule has 0 aromatic carbocycles. The van der Waals surface area contributed by atoms with E-state index in [-0.39, 0.29) is 5.41 Å². The predicted octanol–water partition coefficient (Wildman–Crippen LogP) is 1.74. The Balaban J connectivity index is 2.46. The molecule has 0 amide bonds. The van der Waals surface area contributed by atoms with Crippen LogP contribution in [0.3, 0.4) is 0 Å². The van der Waals surface area contributed by atoms with Gasteiger partial charge in [-0.05, 0) is 24.5 Å². The summed E-state index contributed by atoms with van der Waals surface area (Å²) in [5.74, 6) is 0.872. The van der Waals surface area contributed by atoms with Crippen LogP contribution < -0.4 is 5.32 Å². The summed E-state index contributed by atoms with van der Waals surface area (Å²) in [5, 5.41) is 11.4. The maximum atomic E-state index is 4.27. The smallest absolute Gasteiger partial charge is 0.148 e. The lowest BCUT2D eigenvalue weighted by Crippen LogP contribution is -2.14. The van der Waals surface area contributed by atoms with Crippen molar-refractivity contribution in [1.82, 2.24) is 10.2 Å². The summed E-state index contributed by atoms with van der Waals surface area (Å²) in [6.45, 7) is 4.46. The molecular weight excluding hydrogens is 162 g/mol. The highest BCUT2D eigenvalue weighted by molar-refractivity contribution is 5.41. The van der Waals surface area contributed by atoms with Gasteiger partial charge in [0.1, 0.15) is 5.82 Å². The number of anilines is 1. The number of nitrogens with zero attached hydrogens (tertiary/aromatic N) is 2. The first-order valence-electron chi connectivity index (χ1n) is 4.68. The molecule has 1 aromatic rings. The molecule has 0 spiro atoms. The lowest BCUT2D eigenvalue weighted by molar-refractivity contribution is 0.504. The van der Waals surface area contributed by atoms with Crippen LogP contribution in [0.25, 0.3) is 0 Å². The van der Waals surface area contributed by atoms with Crippen LogP contribution in [0.5, 0.6) is 0 Å². The van der Waals surface area contributed by atoms with E-state index in [1.807, 2.05) is 7.05 Å². The van der Waals surface area contributed by atoms with Crippen LogP contribution in [0.2, 0.25) is 0 Å². The predicted molar refractivity (Wildman–Crippen MR) is 52.9 cm³/mol. The number of aromatic nitrogens is 2. The van der Waals surface area contributed by atoms with Crippen molar-refractivity contribution < 1.29 is 0 Å². The van der Waals surface area contributed by atoms with E-state index < -0.39 is 0 Å². The quantitative estimate of drug-likeness (QED) is 0.710. The summed E-state index contributed by atoms with van der Waals surface area (Å²) in [6, 6.07) is 2.11. The molecule has 13 heavy (non-hydrogen) atoms. The molecule has 0 fully saturated rings. The summed E-state index contributed by atoms with van der Waals surface area (Å²) in [7, 11) is 1.87. The Morgan fingerprint density at radius 2 is 2.15 bits per heavy atom. The fourth-order valence-corrected chi connectivity index (χ4v) is 1.88. The van der Waals surface area contributed by atoms with E-state index in [1.54, 1.807) is 0 Å². The van der Waals surface area contributed by atoms with Gasteiger partial charge >= 0.3 is 0 Å². The minimum Gasteiger partial charge on any atom is -0.372 e. The molecule has 1 N–H and O–H groups in total. The second-order valence-electron chi connectivity index (χ2n) is 4.24. The highest BCUT2D eigenvalue weighted by Gasteiger charge is 2.31. The van der Waals surface area contributed by atoms with Gasteiger partial charge in [-0.3, -0.25) is 0 Å². The van der Waals surface area contributed by atoms with Gasteiger partial charge in [-0.15, -0.1) is 5.10 Å². The fraction of sp³-hybridized carbons (Fsp3) is 0.600. The average molecular weight is 177 g/mol. The van der Waals surface area contributed by atoms with Gasteiger partial charge in [-0.25, -0.2) is 0 Å². The molecule has 1 aliphatic rings. The SMILES string of the molecule is CNc1cc2c(nn1)C(C)(C)CC2. The average Bonchev–Trinajstić information content (AvgIpc) is 2.42. The van der Waals surface area contributed by atoms with Gasteiger partial charge in [0.25, 0.3) is 0 Å². The molecule has 0 bridgehead atoms. The van der Waals surface area contributed by atoms with Gasteiger partial charge in [-0.2, -0.15) is 5.10 Å². The Hall–Kier alpha value is -1.12. The number of aryl methyl sites for hydroxylation is 1. The highest BCUT2D eigenvalue weighted by Crippen LogP contribution is 2.36. The van der Waals surface area contributed by atoms with Crippen LogP contribution in [-0.2, 0) is 11.8 Å². The third-order valence-electron chi connectivity index (χ3n) is 2.79. The van der Waals surface area contributed by atoms with Crippen LogP contribution in [0, 0.1) is 0 Å². The van der Waals surface area contributed by atoms with E-state index in [1.165, 1.54) is 17.7 Å². The number of hydrogen-bond donors (Lipinski definition) is 1. The van der Waals surface area contributed by atoms with Gasteiger partial charge in [0.2, 0.25) is 0 Å². The Bertz CT molecular complexity index is 331. The number of nitrogens with one attached hydrogen (secondary N) is 1. The first kappa shape index (κ1) is 8.48. The first-order chi connectivity index (χ1) is 6.13. The molecular formula is C10H15N3. The van der Waals surface area contributed by atoms with Crippen molar-refractivity contribution in [2.24, 2.45) is 0 Å². The van der Waals surface area contributed by atoms with Gasteiger partial charge < -0.3 is 5.32 Å². The Kier molecular flexibility index (Phi) is 1.75. The van der Waals surface area contributed by atoms with Crippen LogP contribution in [0.15, 0.2) is 6.07 Å². The molecule has 1 aliphatic carbocycles. The fourth-order valence-electron chi connectivity index (χ4n) is 1.88. The zero-order valence-corrected chi connectivity index (χ0v) is 8.39. The lowest BCUT2D eigenvalue weighted by Gasteiger charge is -2.16. The van der Waals surface area contributed by atoms with E-state index in [0.717, 1.165) is 12.2 Å². The molecule has 0 aliphatic heterocycles. The van der Waals surface area contributed by atoms with E-state index in [0.29, 0.717) is 0 Å². The minimum atomic E-state index is 0.217. The monoisotopic (exact) mass is 177 g/mol. The van der Waals surface area contributed by atoms with Crippen molar-refractivity contribution in [3.05, 3.63) is 17.3 Å². The molecule has 1 heterocycles. The van der Waals surface area contributed by atoms with E-state index in [4.69, 9.17) is 0 Å². The second-order valence-corrected chi connectivity index (χ2v) is 4.24. The minimum absolute atomic E-state index is 0.217. The van der Waals surface area contributed by atoms with Crippen molar-refractivity contribution in [3.8, 4) is 0 Å². The Labute approximate surface area is 78.6 Å². The summed E-state index contributed by atoms with van der Waals surface area (Å²) in [5.41, 5.74) is 2.74. The molecule has 0 saturated heterocycles. The summed E-state index contributed by atoms with van der Waals surface area (Å²) >= 11 is 0. The molecule has 3 nitrogen and oxygen atoms in total. The summed E-state index contributed by atoms with van der Waals surface area (Å²) < 4.78 is 0. The third-order valence-corrected chi connectivity index (χ3v) is 2.79. The van der Waals surface area contributed by atoms with E-state index >= 15 is 0 Å². The van der Waals surface area contributed by atoms with Gasteiger partial charge in [0.05, 0.1) is 5.69 Å². The molecule has 70 valence electrons. The van der Waals surface area contributed by atoms with E-state index in [2.05, 4.69) is 35.4 Å². The van der Waals surface area contributed by atoms with Gasteiger partial charge in [0, 0.05) is 12.5 Å². The third kappa shape index (κ3) is 1.28. The maximum absolute atomic E-state index is 4.27. The van der Waals surface area contributed by atoms with E-state index in [9.17, 15) is 0 Å². The lowest BCUT2D eigenvalue weighted by atomic mass is 9.91. The number of fused-ring (bicyclic) bond motifs is 1. The highest BCUT2D eigenvalue weighted by atomic mass is 15.2. The van der Waals surface area contributed by atoms with Crippen LogP contribution >= 0.6 is 0 Å². The summed E-state index contributed by atoms with van der Waals surface area (Å²) in [4.78, 5) is 0. The molecule has 0 radical (unpaired) electrons.